The zero-order valence-electron chi connectivity index (χ0n) is 13.9. The largest absolute Gasteiger partial charge is 0.366 e. The van der Waals surface area contributed by atoms with Crippen LogP contribution in [0, 0.1) is 0 Å². The normalized spacial score (nSPS) is 17.5. The SMILES string of the molecule is O=C1CSC(=S)N1CNc1cc2cn[nH]c2cc1NCN1C(=O)CSC1=S. The molecule has 4 rings (SSSR count). The molecule has 0 radical (unpaired) electrons. The molecule has 3 N–H and O–H groups in total. The molecule has 2 saturated heterocycles. The maximum Gasteiger partial charge on any atom is 0.239 e. The first-order chi connectivity index (χ1) is 13.0. The third-order valence-electron chi connectivity index (χ3n) is 4.11. The van der Waals surface area contributed by atoms with Gasteiger partial charge in [0.15, 0.2) is 0 Å². The minimum atomic E-state index is -0.0142. The average molecular weight is 439 g/mol. The van der Waals surface area contributed by atoms with Gasteiger partial charge < -0.3 is 10.6 Å². The molecule has 3 heterocycles. The summed E-state index contributed by atoms with van der Waals surface area (Å²) >= 11 is 13.1. The molecule has 0 saturated carbocycles. The van der Waals surface area contributed by atoms with Crippen LogP contribution in [0.15, 0.2) is 18.3 Å². The van der Waals surface area contributed by atoms with Crippen LogP contribution in [0.3, 0.4) is 0 Å². The first kappa shape index (κ1) is 18.5. The zero-order chi connectivity index (χ0) is 19.0. The molecule has 1 aromatic heterocycles. The summed E-state index contributed by atoms with van der Waals surface area (Å²) in [7, 11) is 0. The Kier molecular flexibility index (Phi) is 5.21. The second-order valence-electron chi connectivity index (χ2n) is 5.78. The number of anilines is 2. The van der Waals surface area contributed by atoms with Gasteiger partial charge in [0.2, 0.25) is 11.8 Å². The van der Waals surface area contributed by atoms with Crippen molar-refractivity contribution < 1.29 is 9.59 Å². The van der Waals surface area contributed by atoms with Gasteiger partial charge in [0.1, 0.15) is 8.64 Å². The molecule has 2 aromatic rings. The number of H-pyrrole nitrogens is 1. The number of carbonyl (C=O) groups is 2. The summed E-state index contributed by atoms with van der Waals surface area (Å²) in [4.78, 5) is 26.9. The van der Waals surface area contributed by atoms with E-state index in [2.05, 4.69) is 20.8 Å². The number of rotatable bonds is 6. The van der Waals surface area contributed by atoms with E-state index in [0.717, 1.165) is 22.3 Å². The zero-order valence-corrected chi connectivity index (χ0v) is 17.1. The molecule has 0 atom stereocenters. The van der Waals surface area contributed by atoms with Crippen LogP contribution in [0.5, 0.6) is 0 Å². The maximum atomic E-state index is 11.9. The first-order valence-electron chi connectivity index (χ1n) is 7.92. The van der Waals surface area contributed by atoms with Crippen molar-refractivity contribution >= 4 is 90.7 Å². The molecule has 2 amide bonds. The van der Waals surface area contributed by atoms with Gasteiger partial charge in [-0.3, -0.25) is 24.5 Å². The van der Waals surface area contributed by atoms with Crippen LogP contribution >= 0.6 is 48.0 Å². The van der Waals surface area contributed by atoms with E-state index in [9.17, 15) is 9.59 Å². The summed E-state index contributed by atoms with van der Waals surface area (Å²) in [5.41, 5.74) is 2.40. The van der Waals surface area contributed by atoms with Crippen molar-refractivity contribution in [2.75, 3.05) is 35.5 Å². The Bertz CT molecular complexity index is 855. The van der Waals surface area contributed by atoms with Crippen molar-refractivity contribution in [3.05, 3.63) is 18.3 Å². The molecular weight excluding hydrogens is 424 g/mol. The molecule has 27 heavy (non-hydrogen) atoms. The van der Waals surface area contributed by atoms with E-state index in [1.54, 1.807) is 11.1 Å². The summed E-state index contributed by atoms with van der Waals surface area (Å²) in [6, 6.07) is 3.83. The Hall–Kier alpha value is -1.89. The fourth-order valence-electron chi connectivity index (χ4n) is 2.68. The number of fused-ring (bicyclic) bond motifs is 1. The molecule has 8 nitrogen and oxygen atoms in total. The minimum absolute atomic E-state index is 0.0126. The third kappa shape index (κ3) is 3.74. The smallest absolute Gasteiger partial charge is 0.239 e. The van der Waals surface area contributed by atoms with E-state index in [4.69, 9.17) is 24.4 Å². The number of thioether (sulfide) groups is 2. The Balaban J connectivity index is 1.54. The van der Waals surface area contributed by atoms with E-state index in [1.807, 2.05) is 12.1 Å². The summed E-state index contributed by atoms with van der Waals surface area (Å²) in [6.45, 7) is 0.551. The number of nitrogens with one attached hydrogen (secondary N) is 3. The average Bonchev–Trinajstić information content (AvgIpc) is 3.32. The lowest BCUT2D eigenvalue weighted by atomic mass is 10.2. The number of hydrogen-bond acceptors (Lipinski definition) is 9. The van der Waals surface area contributed by atoms with Crippen LogP contribution in [0.1, 0.15) is 0 Å². The van der Waals surface area contributed by atoms with E-state index in [0.29, 0.717) is 20.1 Å². The maximum absolute atomic E-state index is 11.9. The van der Waals surface area contributed by atoms with Gasteiger partial charge in [0.25, 0.3) is 0 Å². The van der Waals surface area contributed by atoms with E-state index in [-0.39, 0.29) is 25.2 Å². The molecule has 2 fully saturated rings. The van der Waals surface area contributed by atoms with Gasteiger partial charge in [-0.05, 0) is 12.1 Å². The molecule has 0 unspecified atom stereocenters. The van der Waals surface area contributed by atoms with Crippen LogP contribution < -0.4 is 10.6 Å². The first-order valence-corrected chi connectivity index (χ1v) is 10.7. The van der Waals surface area contributed by atoms with Crippen molar-refractivity contribution in [1.29, 1.82) is 0 Å². The second kappa shape index (κ2) is 7.62. The Morgan fingerprint density at radius 1 is 1.00 bits per heavy atom. The number of aromatic nitrogens is 2. The van der Waals surface area contributed by atoms with Crippen molar-refractivity contribution in [1.82, 2.24) is 20.0 Å². The lowest BCUT2D eigenvalue weighted by molar-refractivity contribution is -0.124. The predicted octanol–water partition coefficient (Wildman–Crippen LogP) is 2.02. The van der Waals surface area contributed by atoms with Gasteiger partial charge in [-0.15, -0.1) is 0 Å². The highest BCUT2D eigenvalue weighted by Crippen LogP contribution is 2.29. The number of thiocarbonyl (C=S) groups is 2. The molecule has 0 bridgehead atoms. The summed E-state index contributed by atoms with van der Waals surface area (Å²) in [6.07, 6.45) is 1.72. The quantitative estimate of drug-likeness (QED) is 0.586. The number of benzene rings is 1. The summed E-state index contributed by atoms with van der Waals surface area (Å²) in [5.74, 6) is 0.719. The summed E-state index contributed by atoms with van der Waals surface area (Å²) < 4.78 is 1.13. The fourth-order valence-corrected chi connectivity index (χ4v) is 4.82. The fraction of sp³-hybridized carbons (Fsp3) is 0.267. The third-order valence-corrected chi connectivity index (χ3v) is 6.98. The predicted molar refractivity (Wildman–Crippen MR) is 117 cm³/mol. The molecular formula is C15H14N6O2S4. The molecule has 12 heteroatoms. The van der Waals surface area contributed by atoms with Crippen LogP contribution in [-0.4, -0.2) is 65.3 Å². The Morgan fingerprint density at radius 2 is 1.56 bits per heavy atom. The number of hydrogen-bond donors (Lipinski definition) is 3. The van der Waals surface area contributed by atoms with Crippen molar-refractivity contribution in [3.63, 3.8) is 0 Å². The minimum Gasteiger partial charge on any atom is -0.366 e. The lowest BCUT2D eigenvalue weighted by Gasteiger charge is -2.21. The van der Waals surface area contributed by atoms with Gasteiger partial charge in [0, 0.05) is 5.39 Å². The van der Waals surface area contributed by atoms with Crippen molar-refractivity contribution in [2.24, 2.45) is 0 Å². The Morgan fingerprint density at radius 3 is 2.07 bits per heavy atom. The lowest BCUT2D eigenvalue weighted by Crippen LogP contribution is -2.34. The van der Waals surface area contributed by atoms with Crippen LogP contribution in [0.4, 0.5) is 11.4 Å². The topological polar surface area (TPSA) is 93.4 Å². The standard InChI is InChI=1S/C15H14N6O2S4/c22-12-4-26-14(24)20(12)6-16-10-1-8-3-18-19-9(8)2-11(10)17-7-21-13(23)5-27-15(21)25/h1-3,16-17H,4-7H2,(H,18,19). The van der Waals surface area contributed by atoms with Crippen LogP contribution in [0.2, 0.25) is 0 Å². The number of amides is 2. The highest BCUT2D eigenvalue weighted by Gasteiger charge is 2.27. The molecule has 140 valence electrons. The molecule has 1 aromatic carbocycles. The molecule has 0 aliphatic carbocycles. The van der Waals surface area contributed by atoms with Gasteiger partial charge in [-0.2, -0.15) is 5.10 Å². The van der Waals surface area contributed by atoms with E-state index >= 15 is 0 Å². The van der Waals surface area contributed by atoms with Crippen molar-refractivity contribution in [3.8, 4) is 0 Å². The monoisotopic (exact) mass is 438 g/mol. The van der Waals surface area contributed by atoms with Crippen LogP contribution in [0.25, 0.3) is 10.9 Å². The van der Waals surface area contributed by atoms with Crippen LogP contribution in [-0.2, 0) is 9.59 Å². The highest BCUT2D eigenvalue weighted by atomic mass is 32.2. The summed E-state index contributed by atoms with van der Waals surface area (Å²) in [5, 5.41) is 14.4. The van der Waals surface area contributed by atoms with E-state index in [1.165, 1.54) is 28.4 Å². The highest BCUT2D eigenvalue weighted by molar-refractivity contribution is 8.24. The van der Waals surface area contributed by atoms with Gasteiger partial charge >= 0.3 is 0 Å². The van der Waals surface area contributed by atoms with Gasteiger partial charge in [-0.1, -0.05) is 48.0 Å². The second-order valence-corrected chi connectivity index (χ2v) is 9.00. The molecule has 2 aliphatic rings. The molecule has 0 spiro atoms. The molecule has 2 aliphatic heterocycles. The van der Waals surface area contributed by atoms with Gasteiger partial charge in [-0.25, -0.2) is 0 Å². The van der Waals surface area contributed by atoms with Gasteiger partial charge in [0.05, 0.1) is 47.9 Å². The van der Waals surface area contributed by atoms with E-state index < -0.39 is 0 Å². The Labute approximate surface area is 173 Å². The number of nitrogens with zero attached hydrogens (tertiary/aromatic N) is 3. The number of carbonyl (C=O) groups excluding carboxylic acids is 2. The van der Waals surface area contributed by atoms with Crippen molar-refractivity contribution in [2.45, 2.75) is 0 Å². The number of aromatic amines is 1.